The van der Waals surface area contributed by atoms with E-state index in [1.807, 2.05) is 0 Å². The summed E-state index contributed by atoms with van der Waals surface area (Å²) in [5, 5.41) is 6.65. The van der Waals surface area contributed by atoms with Crippen molar-refractivity contribution in [3.8, 4) is 0 Å². The monoisotopic (exact) mass is 442 g/mol. The van der Waals surface area contributed by atoms with Crippen molar-refractivity contribution in [2.45, 2.75) is 25.9 Å². The lowest BCUT2D eigenvalue weighted by atomic mass is 10.1. The zero-order chi connectivity index (χ0) is 21.8. The van der Waals surface area contributed by atoms with Crippen LogP contribution in [0.25, 0.3) is 0 Å². The van der Waals surface area contributed by atoms with E-state index in [9.17, 15) is 22.0 Å². The SMILES string of the molecule is C[C@H](/C=C/S(C)(=O)=O)NC(=O)c1ccc(N[C@H](C)c2ccccc2Cl)c(F)c1F. The first-order valence-corrected chi connectivity index (χ1v) is 11.0. The Labute approximate surface area is 173 Å². The number of sulfone groups is 1. The van der Waals surface area contributed by atoms with Crippen molar-refractivity contribution >= 4 is 33.0 Å². The fourth-order valence-electron chi connectivity index (χ4n) is 2.57. The summed E-state index contributed by atoms with van der Waals surface area (Å²) in [6.07, 6.45) is 2.24. The van der Waals surface area contributed by atoms with Gasteiger partial charge < -0.3 is 10.6 Å². The first-order valence-electron chi connectivity index (χ1n) is 8.67. The molecule has 2 atom stereocenters. The Bertz CT molecular complexity index is 1040. The number of rotatable bonds is 7. The van der Waals surface area contributed by atoms with E-state index in [-0.39, 0.29) is 5.69 Å². The van der Waals surface area contributed by atoms with Crippen molar-refractivity contribution in [3.63, 3.8) is 0 Å². The van der Waals surface area contributed by atoms with Crippen molar-refractivity contribution in [2.24, 2.45) is 0 Å². The molecule has 0 bridgehead atoms. The molecule has 2 aromatic rings. The lowest BCUT2D eigenvalue weighted by Gasteiger charge is -2.18. The average molecular weight is 443 g/mol. The van der Waals surface area contributed by atoms with Crippen LogP contribution in [0.4, 0.5) is 14.5 Å². The molecular formula is C20H21ClF2N2O3S. The molecule has 0 saturated heterocycles. The van der Waals surface area contributed by atoms with E-state index in [0.717, 1.165) is 17.7 Å². The minimum atomic E-state index is -3.36. The second-order valence-electron chi connectivity index (χ2n) is 6.60. The largest absolute Gasteiger partial charge is 0.376 e. The van der Waals surface area contributed by atoms with Crippen LogP contribution in [-0.2, 0) is 9.84 Å². The third-order valence-corrected chi connectivity index (χ3v) is 5.04. The lowest BCUT2D eigenvalue weighted by molar-refractivity contribution is 0.0942. The molecule has 0 spiro atoms. The van der Waals surface area contributed by atoms with Crippen molar-refractivity contribution in [1.82, 2.24) is 5.32 Å². The third kappa shape index (κ3) is 6.27. The van der Waals surface area contributed by atoms with Crippen molar-refractivity contribution in [2.75, 3.05) is 11.6 Å². The van der Waals surface area contributed by atoms with E-state index < -0.39 is 45.0 Å². The zero-order valence-corrected chi connectivity index (χ0v) is 17.6. The predicted molar refractivity (Wildman–Crippen MR) is 111 cm³/mol. The Morgan fingerprint density at radius 1 is 1.10 bits per heavy atom. The van der Waals surface area contributed by atoms with Crippen LogP contribution in [0.2, 0.25) is 5.02 Å². The highest BCUT2D eigenvalue weighted by atomic mass is 35.5. The second kappa shape index (κ2) is 9.37. The highest BCUT2D eigenvalue weighted by Crippen LogP contribution is 2.28. The minimum absolute atomic E-state index is 0.114. The Morgan fingerprint density at radius 2 is 1.76 bits per heavy atom. The van der Waals surface area contributed by atoms with Crippen molar-refractivity contribution < 1.29 is 22.0 Å². The molecule has 0 unspecified atom stereocenters. The summed E-state index contributed by atoms with van der Waals surface area (Å²) in [5.74, 6) is -3.37. The molecule has 0 saturated carbocycles. The molecule has 2 aromatic carbocycles. The molecule has 0 aliphatic rings. The molecule has 0 aromatic heterocycles. The molecule has 2 rings (SSSR count). The van der Waals surface area contributed by atoms with E-state index in [0.29, 0.717) is 10.6 Å². The average Bonchev–Trinajstić information content (AvgIpc) is 2.63. The number of nitrogens with one attached hydrogen (secondary N) is 2. The number of benzene rings is 2. The number of halogens is 3. The summed E-state index contributed by atoms with van der Waals surface area (Å²) < 4.78 is 51.2. The predicted octanol–water partition coefficient (Wildman–Crippen LogP) is 4.47. The number of hydrogen-bond acceptors (Lipinski definition) is 4. The summed E-state index contributed by atoms with van der Waals surface area (Å²) in [4.78, 5) is 12.2. The van der Waals surface area contributed by atoms with E-state index in [1.54, 1.807) is 31.2 Å². The lowest BCUT2D eigenvalue weighted by Crippen LogP contribution is -2.32. The summed E-state index contributed by atoms with van der Waals surface area (Å²) in [6, 6.07) is 8.32. The van der Waals surface area contributed by atoms with Crippen LogP contribution in [0.1, 0.15) is 35.8 Å². The Morgan fingerprint density at radius 3 is 2.38 bits per heavy atom. The van der Waals surface area contributed by atoms with Gasteiger partial charge in [0.15, 0.2) is 21.5 Å². The van der Waals surface area contributed by atoms with Gasteiger partial charge in [0.2, 0.25) is 0 Å². The molecule has 1 amide bonds. The molecule has 29 heavy (non-hydrogen) atoms. The number of carbonyl (C=O) groups excluding carboxylic acids is 1. The van der Waals surface area contributed by atoms with Crippen LogP contribution in [-0.4, -0.2) is 26.6 Å². The van der Waals surface area contributed by atoms with E-state index in [4.69, 9.17) is 11.6 Å². The molecule has 0 radical (unpaired) electrons. The molecule has 0 aliphatic carbocycles. The van der Waals surface area contributed by atoms with E-state index in [1.165, 1.54) is 19.1 Å². The number of anilines is 1. The van der Waals surface area contributed by atoms with Gasteiger partial charge in [0.05, 0.1) is 17.3 Å². The molecular weight excluding hydrogens is 422 g/mol. The van der Waals surface area contributed by atoms with Gasteiger partial charge in [0, 0.05) is 22.7 Å². The highest BCUT2D eigenvalue weighted by molar-refractivity contribution is 7.93. The summed E-state index contributed by atoms with van der Waals surface area (Å²) in [5.41, 5.74) is 0.108. The smallest absolute Gasteiger partial charge is 0.254 e. The molecule has 0 fully saturated rings. The van der Waals surface area contributed by atoms with Crippen molar-refractivity contribution in [3.05, 3.63) is 75.7 Å². The standard InChI is InChI=1S/C20H21ClF2N2O3S/c1-12(10-11-29(3,27)28)24-20(26)15-8-9-17(19(23)18(15)22)25-13(2)14-6-4-5-7-16(14)21/h4-13,25H,1-3H3,(H,24,26)/b11-10+/t12-,13-/m1/s1. The van der Waals surface area contributed by atoms with Gasteiger partial charge in [-0.1, -0.05) is 35.9 Å². The van der Waals surface area contributed by atoms with Gasteiger partial charge in [-0.25, -0.2) is 17.2 Å². The third-order valence-electron chi connectivity index (χ3n) is 4.04. The molecule has 9 heteroatoms. The fourth-order valence-corrected chi connectivity index (χ4v) is 3.39. The number of carbonyl (C=O) groups is 1. The maximum atomic E-state index is 14.5. The minimum Gasteiger partial charge on any atom is -0.376 e. The van der Waals surface area contributed by atoms with Crippen LogP contribution < -0.4 is 10.6 Å². The summed E-state index contributed by atoms with van der Waals surface area (Å²) >= 11 is 6.12. The normalized spacial score (nSPS) is 13.9. The van der Waals surface area contributed by atoms with Gasteiger partial charge >= 0.3 is 0 Å². The topological polar surface area (TPSA) is 75.3 Å². The number of amides is 1. The Hall–Kier alpha value is -2.45. The summed E-state index contributed by atoms with van der Waals surface area (Å²) in [7, 11) is -3.36. The van der Waals surface area contributed by atoms with Crippen LogP contribution >= 0.6 is 11.6 Å². The quantitative estimate of drug-likeness (QED) is 0.663. The van der Waals surface area contributed by atoms with Gasteiger partial charge in [-0.05, 0) is 37.6 Å². The Kier molecular flexibility index (Phi) is 7.37. The summed E-state index contributed by atoms with van der Waals surface area (Å²) in [6.45, 7) is 3.25. The highest BCUT2D eigenvalue weighted by Gasteiger charge is 2.21. The van der Waals surface area contributed by atoms with Gasteiger partial charge in [-0.15, -0.1) is 0 Å². The number of hydrogen-bond donors (Lipinski definition) is 2. The second-order valence-corrected chi connectivity index (χ2v) is 8.93. The molecule has 2 N–H and O–H groups in total. The Balaban J connectivity index is 2.17. The van der Waals surface area contributed by atoms with E-state index >= 15 is 0 Å². The first-order chi connectivity index (χ1) is 13.5. The first kappa shape index (κ1) is 22.8. The maximum Gasteiger partial charge on any atom is 0.254 e. The molecule has 0 heterocycles. The van der Waals surface area contributed by atoms with Crippen molar-refractivity contribution in [1.29, 1.82) is 0 Å². The van der Waals surface area contributed by atoms with Gasteiger partial charge in [-0.2, -0.15) is 0 Å². The van der Waals surface area contributed by atoms with Crippen LogP contribution in [0, 0.1) is 11.6 Å². The fraction of sp³-hybridized carbons (Fsp3) is 0.250. The molecule has 5 nitrogen and oxygen atoms in total. The van der Waals surface area contributed by atoms with Gasteiger partial charge in [0.1, 0.15) is 0 Å². The van der Waals surface area contributed by atoms with Gasteiger partial charge in [0.25, 0.3) is 5.91 Å². The van der Waals surface area contributed by atoms with Crippen LogP contribution in [0.3, 0.4) is 0 Å². The van der Waals surface area contributed by atoms with E-state index in [2.05, 4.69) is 10.6 Å². The maximum absolute atomic E-state index is 14.5. The molecule has 0 aliphatic heterocycles. The molecule has 156 valence electrons. The van der Waals surface area contributed by atoms with Crippen LogP contribution in [0.15, 0.2) is 47.9 Å². The van der Waals surface area contributed by atoms with Gasteiger partial charge in [-0.3, -0.25) is 4.79 Å². The van der Waals surface area contributed by atoms with Crippen LogP contribution in [0.5, 0.6) is 0 Å². The zero-order valence-electron chi connectivity index (χ0n) is 16.0.